The fourth-order valence-corrected chi connectivity index (χ4v) is 9.37. The number of benzene rings is 1. The Balaban J connectivity index is 0.000000227. The first-order valence-electron chi connectivity index (χ1n) is 25.8. The van der Waals surface area contributed by atoms with Crippen molar-refractivity contribution in [2.45, 2.75) is 107 Å². The number of nitrogens with two attached hydrogens (primary N) is 2. The van der Waals surface area contributed by atoms with Gasteiger partial charge in [-0.2, -0.15) is 18.2 Å². The molecule has 0 saturated carbocycles. The van der Waals surface area contributed by atoms with E-state index in [4.69, 9.17) is 68.3 Å². The lowest BCUT2D eigenvalue weighted by Gasteiger charge is -2.33. The first-order chi connectivity index (χ1) is 39.1. The van der Waals surface area contributed by atoms with E-state index in [9.17, 15) is 22.8 Å². The number of alkyl halides is 3. The number of nitrogens with zero attached hydrogens (tertiary/aromatic N) is 6. The van der Waals surface area contributed by atoms with Crippen LogP contribution in [0.3, 0.4) is 0 Å². The summed E-state index contributed by atoms with van der Waals surface area (Å²) < 4.78 is 107. The molecule has 5 aliphatic heterocycles. The molecule has 0 radical (unpaired) electrons. The van der Waals surface area contributed by atoms with Crippen molar-refractivity contribution in [3.8, 4) is 23.7 Å². The number of rotatable bonds is 18. The van der Waals surface area contributed by atoms with Gasteiger partial charge in [0.05, 0.1) is 43.2 Å². The van der Waals surface area contributed by atoms with Gasteiger partial charge >= 0.3 is 11.9 Å². The number of amidine groups is 2. The van der Waals surface area contributed by atoms with E-state index in [1.807, 2.05) is 44.2 Å². The first kappa shape index (κ1) is 66.3. The molecule has 0 spiro atoms. The van der Waals surface area contributed by atoms with Crippen LogP contribution in [0.5, 0.6) is 0 Å². The number of carbonyl (C=O) groups is 1. The molecule has 5 aliphatic rings. The molecule has 26 heteroatoms. The average Bonchev–Trinajstić information content (AvgIpc) is 4.32. The van der Waals surface area contributed by atoms with Crippen LogP contribution in [0, 0.1) is 36.5 Å². The molecule has 0 bridgehead atoms. The number of aromatic nitrogens is 2. The standard InChI is InChI=1S/C21H31N3O6.C21H25N3O4.C14H20F3N3O4/c1-13(2)10-17(25)22-9-7-8-15-11-24(21(26)23-14(15)3)20-19(29-6)18(28-5)16(30-20)12-27-4;1-14-23-20(22)16(11-10-15-8-6-5-7-9-15)12-24(14)21-19(27-4)18(26-3)17(28-21)13-25-2;1-7-19-12(18)8(14(15,16)17)5-20(7)13-11(23-4)10(22-3)9(24-13)6-21-2/h11,13,16,18-20H,9-10,12H2,1-6H3,(H,22,25);5-9,12,17-19,21H,1,13H2,2-4H3,(H2,22,23);5,9-11,13H,1,6H2,2-4H3,(H2,18,19)/t16-,18-,19-,20-;17-,18?,19?,21-;9-,10?,11?,13-/m111/s1. The van der Waals surface area contributed by atoms with Crippen LogP contribution in [0.1, 0.15) is 43.3 Å². The fraction of sp³-hybridized carbons (Fsp3) is 0.554. The SMILES string of the molecule is C=C1N=C(N)C(C#Cc2ccccc2)=CN1[C@@H]1O[C@H](COC)C(OC)C1OC.C=C1N=C(N)C(C(F)(F)F)=CN1[C@@H]1O[C@H](COC)C(OC)C1OC.COC[C@H]1O[C@@H](n2cc(C#CCNC(=O)CC(C)C)c(C)nc2=O)[C@H](OC)[C@@H]1OC. The number of hydrogen-bond donors (Lipinski definition) is 3. The Morgan fingerprint density at radius 1 is 0.695 bits per heavy atom. The third-order valence-electron chi connectivity index (χ3n) is 13.2. The van der Waals surface area contributed by atoms with E-state index in [0.717, 1.165) is 16.7 Å². The molecule has 3 fully saturated rings. The molecule has 1 aromatic carbocycles. The highest BCUT2D eigenvalue weighted by Gasteiger charge is 2.51. The van der Waals surface area contributed by atoms with E-state index >= 15 is 0 Å². The predicted octanol–water partition coefficient (Wildman–Crippen LogP) is 3.08. The summed E-state index contributed by atoms with van der Waals surface area (Å²) in [4.78, 5) is 39.3. The molecule has 0 aliphatic carbocycles. The van der Waals surface area contributed by atoms with Crippen LogP contribution in [0.2, 0.25) is 0 Å². The van der Waals surface area contributed by atoms with Gasteiger partial charge in [-0.3, -0.25) is 9.36 Å². The second kappa shape index (κ2) is 31.2. The summed E-state index contributed by atoms with van der Waals surface area (Å²) >= 11 is 0. The molecule has 4 unspecified atom stereocenters. The van der Waals surface area contributed by atoms with Crippen LogP contribution in [-0.4, -0.2) is 201 Å². The van der Waals surface area contributed by atoms with Gasteiger partial charge in [-0.15, -0.1) is 0 Å². The zero-order chi connectivity index (χ0) is 60.4. The van der Waals surface area contributed by atoms with Gasteiger partial charge in [0.25, 0.3) is 0 Å². The highest BCUT2D eigenvalue weighted by Crippen LogP contribution is 2.37. The van der Waals surface area contributed by atoms with E-state index in [2.05, 4.69) is 57.1 Å². The lowest BCUT2D eigenvalue weighted by molar-refractivity contribution is -0.121. The number of methoxy groups -OCH3 is 9. The Morgan fingerprint density at radius 3 is 1.62 bits per heavy atom. The molecule has 2 aromatic rings. The fourth-order valence-electron chi connectivity index (χ4n) is 9.37. The van der Waals surface area contributed by atoms with Crippen LogP contribution >= 0.6 is 0 Å². The van der Waals surface area contributed by atoms with Gasteiger partial charge in [0.15, 0.2) is 18.7 Å². The largest absolute Gasteiger partial charge is 0.421 e. The zero-order valence-corrected chi connectivity index (χ0v) is 48.3. The number of aryl methyl sites for hydroxylation is 1. The number of halogens is 3. The van der Waals surface area contributed by atoms with Crippen LogP contribution in [0.4, 0.5) is 13.2 Å². The number of ether oxygens (including phenoxy) is 12. The Kier molecular flexibility index (Phi) is 25.3. The molecule has 23 nitrogen and oxygen atoms in total. The minimum Gasteiger partial charge on any atom is -0.383 e. The summed E-state index contributed by atoms with van der Waals surface area (Å²) in [6.07, 6.45) is -6.10. The molecule has 450 valence electrons. The van der Waals surface area contributed by atoms with Crippen molar-refractivity contribution in [1.29, 1.82) is 0 Å². The average molecular weight is 1160 g/mol. The maximum absolute atomic E-state index is 13.1. The summed E-state index contributed by atoms with van der Waals surface area (Å²) in [7, 11) is 13.9. The van der Waals surface area contributed by atoms with Gasteiger partial charge in [0.1, 0.15) is 83.8 Å². The van der Waals surface area contributed by atoms with Gasteiger partial charge in [0.2, 0.25) is 5.91 Å². The van der Waals surface area contributed by atoms with Gasteiger partial charge in [-0.25, -0.2) is 14.8 Å². The number of amides is 1. The van der Waals surface area contributed by atoms with Crippen LogP contribution < -0.4 is 22.5 Å². The van der Waals surface area contributed by atoms with Crippen LogP contribution in [-0.2, 0) is 61.6 Å². The minimum absolute atomic E-state index is 0.0143. The smallest absolute Gasteiger partial charge is 0.383 e. The maximum atomic E-state index is 13.1. The molecular formula is C56H76F3N9O14. The monoisotopic (exact) mass is 1160 g/mol. The lowest BCUT2D eigenvalue weighted by atomic mass is 10.1. The first-order valence-corrected chi connectivity index (χ1v) is 25.8. The number of nitrogens with one attached hydrogen (secondary N) is 1. The van der Waals surface area contributed by atoms with Crippen molar-refractivity contribution in [3.63, 3.8) is 0 Å². The van der Waals surface area contributed by atoms with Crippen molar-refractivity contribution < 1.29 is 74.8 Å². The third kappa shape index (κ3) is 16.6. The van der Waals surface area contributed by atoms with Crippen LogP contribution in [0.15, 0.2) is 99.7 Å². The Morgan fingerprint density at radius 2 is 1.16 bits per heavy atom. The van der Waals surface area contributed by atoms with Gasteiger partial charge < -0.3 is 83.4 Å². The summed E-state index contributed by atoms with van der Waals surface area (Å²) in [5.74, 6) is 12.4. The summed E-state index contributed by atoms with van der Waals surface area (Å²) in [5, 5.41) is 2.76. The Bertz CT molecular complexity index is 2810. The highest BCUT2D eigenvalue weighted by molar-refractivity contribution is 6.02. The normalized spacial score (nSPS) is 26.9. The zero-order valence-electron chi connectivity index (χ0n) is 48.3. The number of aliphatic imine (C=N–C) groups is 2. The topological polar surface area (TPSA) is 258 Å². The van der Waals surface area contributed by atoms with Gasteiger partial charge in [-0.05, 0) is 25.0 Å². The second-order valence-electron chi connectivity index (χ2n) is 19.2. The molecule has 12 atom stereocenters. The Labute approximate surface area is 476 Å². The van der Waals surface area contributed by atoms with E-state index in [-0.39, 0.29) is 49.1 Å². The van der Waals surface area contributed by atoms with E-state index in [1.165, 1.54) is 33.0 Å². The quantitative estimate of drug-likeness (QED) is 0.181. The molecule has 6 heterocycles. The number of hydrogen-bond acceptors (Lipinski definition) is 21. The van der Waals surface area contributed by atoms with Crippen molar-refractivity contribution in [2.24, 2.45) is 27.4 Å². The maximum Gasteiger partial charge on any atom is 0.421 e. The van der Waals surface area contributed by atoms with Crippen molar-refractivity contribution in [3.05, 3.63) is 112 Å². The molecular weight excluding hydrogens is 1080 g/mol. The predicted molar refractivity (Wildman–Crippen MR) is 295 cm³/mol. The van der Waals surface area contributed by atoms with E-state index in [1.54, 1.807) is 59.8 Å². The Hall–Kier alpha value is -6.50. The minimum atomic E-state index is -4.65. The summed E-state index contributed by atoms with van der Waals surface area (Å²) in [6, 6.07) is 9.67. The highest BCUT2D eigenvalue weighted by atomic mass is 19.4. The van der Waals surface area contributed by atoms with E-state index in [0.29, 0.717) is 48.1 Å². The molecule has 7 rings (SSSR count). The van der Waals surface area contributed by atoms with Crippen molar-refractivity contribution in [2.75, 3.05) is 90.4 Å². The van der Waals surface area contributed by atoms with Crippen molar-refractivity contribution in [1.82, 2.24) is 24.7 Å². The second-order valence-corrected chi connectivity index (χ2v) is 19.2. The molecule has 3 saturated heterocycles. The van der Waals surface area contributed by atoms with E-state index < -0.39 is 78.6 Å². The van der Waals surface area contributed by atoms with Gasteiger partial charge in [0, 0.05) is 94.6 Å². The molecule has 82 heavy (non-hydrogen) atoms. The molecule has 5 N–H and O–H groups in total. The summed E-state index contributed by atoms with van der Waals surface area (Å²) in [5.41, 5.74) is 12.4. The molecule has 1 aromatic heterocycles. The molecule has 1 amide bonds. The third-order valence-corrected chi connectivity index (χ3v) is 13.2. The summed E-state index contributed by atoms with van der Waals surface area (Å²) in [6.45, 7) is 14.4. The van der Waals surface area contributed by atoms with Gasteiger partial charge in [-0.1, -0.05) is 68.9 Å². The van der Waals surface area contributed by atoms with Crippen LogP contribution in [0.25, 0.3) is 0 Å². The number of carbonyl (C=O) groups excluding carboxylic acids is 1. The lowest BCUT2D eigenvalue weighted by Crippen LogP contribution is -2.45. The van der Waals surface area contributed by atoms with Crippen molar-refractivity contribution >= 4 is 17.6 Å².